The van der Waals surface area contributed by atoms with Gasteiger partial charge in [-0.1, -0.05) is 28.1 Å². The maximum atomic E-state index is 9.65. The van der Waals surface area contributed by atoms with E-state index in [4.69, 9.17) is 0 Å². The molecule has 0 radical (unpaired) electrons. The lowest BCUT2D eigenvalue weighted by atomic mass is 10.1. The van der Waals surface area contributed by atoms with Gasteiger partial charge in [-0.2, -0.15) is 0 Å². The zero-order valence-electron chi connectivity index (χ0n) is 9.34. The largest absolute Gasteiger partial charge is 0.508 e. The van der Waals surface area contributed by atoms with E-state index in [0.717, 1.165) is 4.47 Å². The number of halogens is 1. The van der Waals surface area contributed by atoms with Crippen molar-refractivity contribution < 1.29 is 15.3 Å². The molecule has 0 atom stereocenters. The molecule has 0 fully saturated rings. The molecule has 0 aliphatic carbocycles. The van der Waals surface area contributed by atoms with Gasteiger partial charge in [-0.15, -0.1) is 0 Å². The first-order chi connectivity index (χ1) is 8.54. The van der Waals surface area contributed by atoms with Crippen LogP contribution in [0, 0.1) is 0 Å². The Morgan fingerprint density at radius 2 is 1.50 bits per heavy atom. The SMILES string of the molecule is Oc1cc(O)cc(/C=C/c2cc(Br)ccc2O)c1. The molecule has 0 aliphatic rings. The Hall–Kier alpha value is -1.94. The van der Waals surface area contributed by atoms with Crippen LogP contribution in [-0.4, -0.2) is 15.3 Å². The first-order valence-corrected chi connectivity index (χ1v) is 6.03. The van der Waals surface area contributed by atoms with E-state index < -0.39 is 0 Å². The highest BCUT2D eigenvalue weighted by Crippen LogP contribution is 2.25. The van der Waals surface area contributed by atoms with Crippen molar-refractivity contribution in [2.45, 2.75) is 0 Å². The van der Waals surface area contributed by atoms with Gasteiger partial charge in [0.25, 0.3) is 0 Å². The van der Waals surface area contributed by atoms with E-state index >= 15 is 0 Å². The van der Waals surface area contributed by atoms with Crippen molar-refractivity contribution in [3.8, 4) is 17.2 Å². The van der Waals surface area contributed by atoms with Crippen LogP contribution in [-0.2, 0) is 0 Å². The van der Waals surface area contributed by atoms with Crippen molar-refractivity contribution in [2.75, 3.05) is 0 Å². The van der Waals surface area contributed by atoms with Crippen molar-refractivity contribution in [3.63, 3.8) is 0 Å². The Morgan fingerprint density at radius 1 is 0.833 bits per heavy atom. The second-order valence-electron chi connectivity index (χ2n) is 3.82. The number of aromatic hydroxyl groups is 3. The quantitative estimate of drug-likeness (QED) is 0.741. The first-order valence-electron chi connectivity index (χ1n) is 5.24. The van der Waals surface area contributed by atoms with Gasteiger partial charge in [-0.25, -0.2) is 0 Å². The highest BCUT2D eigenvalue weighted by atomic mass is 79.9. The van der Waals surface area contributed by atoms with Gasteiger partial charge >= 0.3 is 0 Å². The molecule has 3 nitrogen and oxygen atoms in total. The third-order valence-electron chi connectivity index (χ3n) is 2.37. The Balaban J connectivity index is 2.32. The number of hydrogen-bond donors (Lipinski definition) is 3. The van der Waals surface area contributed by atoms with Gasteiger partial charge in [0, 0.05) is 16.1 Å². The topological polar surface area (TPSA) is 60.7 Å². The van der Waals surface area contributed by atoms with E-state index in [2.05, 4.69) is 15.9 Å². The van der Waals surface area contributed by atoms with Crippen molar-refractivity contribution in [2.24, 2.45) is 0 Å². The number of benzene rings is 2. The summed E-state index contributed by atoms with van der Waals surface area (Å²) in [5, 5.41) is 28.3. The summed E-state index contributed by atoms with van der Waals surface area (Å²) in [4.78, 5) is 0. The number of rotatable bonds is 2. The van der Waals surface area contributed by atoms with Crippen molar-refractivity contribution >= 4 is 28.1 Å². The first kappa shape index (κ1) is 12.5. The molecule has 2 aromatic carbocycles. The summed E-state index contributed by atoms with van der Waals surface area (Å²) in [5.74, 6) is 0.153. The van der Waals surface area contributed by atoms with Crippen LogP contribution in [0.25, 0.3) is 12.2 Å². The predicted molar refractivity (Wildman–Crippen MR) is 74.5 cm³/mol. The molecule has 3 N–H and O–H groups in total. The Morgan fingerprint density at radius 3 is 2.17 bits per heavy atom. The molecule has 0 saturated carbocycles. The monoisotopic (exact) mass is 306 g/mol. The van der Waals surface area contributed by atoms with Crippen molar-refractivity contribution in [1.29, 1.82) is 0 Å². The molecule has 2 rings (SSSR count). The van der Waals surface area contributed by atoms with Gasteiger partial charge < -0.3 is 15.3 Å². The second-order valence-corrected chi connectivity index (χ2v) is 4.73. The van der Waals surface area contributed by atoms with E-state index in [1.807, 2.05) is 0 Å². The molecule has 0 unspecified atom stereocenters. The van der Waals surface area contributed by atoms with Gasteiger partial charge in [-0.3, -0.25) is 0 Å². The van der Waals surface area contributed by atoms with Crippen LogP contribution in [0.5, 0.6) is 17.2 Å². The van der Waals surface area contributed by atoms with Crippen LogP contribution >= 0.6 is 15.9 Å². The molecular formula is C14H11BrO3. The van der Waals surface area contributed by atoms with Gasteiger partial charge in [0.2, 0.25) is 0 Å². The highest BCUT2D eigenvalue weighted by molar-refractivity contribution is 9.10. The summed E-state index contributed by atoms with van der Waals surface area (Å²) in [7, 11) is 0. The molecule has 92 valence electrons. The standard InChI is InChI=1S/C14H11BrO3/c15-11-3-4-14(18)10(7-11)2-1-9-5-12(16)8-13(17)6-9/h1-8,16-18H/b2-1+. The van der Waals surface area contributed by atoms with Gasteiger partial charge in [0.1, 0.15) is 17.2 Å². The van der Waals surface area contributed by atoms with Gasteiger partial charge in [0.15, 0.2) is 0 Å². The fraction of sp³-hybridized carbons (Fsp3) is 0. The molecule has 4 heteroatoms. The molecule has 18 heavy (non-hydrogen) atoms. The highest BCUT2D eigenvalue weighted by Gasteiger charge is 1.99. The molecule has 0 spiro atoms. The van der Waals surface area contributed by atoms with Gasteiger partial charge in [-0.05, 0) is 35.9 Å². The molecule has 0 amide bonds. The normalized spacial score (nSPS) is 10.9. The molecule has 0 heterocycles. The summed E-state index contributed by atoms with van der Waals surface area (Å²) in [6.45, 7) is 0. The molecule has 0 saturated heterocycles. The van der Waals surface area contributed by atoms with Crippen LogP contribution in [0.4, 0.5) is 0 Å². The van der Waals surface area contributed by atoms with E-state index in [-0.39, 0.29) is 17.2 Å². The molecule has 0 bridgehead atoms. The predicted octanol–water partition coefficient (Wildman–Crippen LogP) is 3.74. The van der Waals surface area contributed by atoms with Crippen LogP contribution < -0.4 is 0 Å². The summed E-state index contributed by atoms with van der Waals surface area (Å²) in [6.07, 6.45) is 3.40. The van der Waals surface area contributed by atoms with Gasteiger partial charge in [0.05, 0.1) is 0 Å². The van der Waals surface area contributed by atoms with E-state index in [0.29, 0.717) is 11.1 Å². The van der Waals surface area contributed by atoms with Crippen LogP contribution in [0.2, 0.25) is 0 Å². The third kappa shape index (κ3) is 3.05. The minimum absolute atomic E-state index is 0.00638. The minimum Gasteiger partial charge on any atom is -0.508 e. The number of hydrogen-bond acceptors (Lipinski definition) is 3. The Kier molecular flexibility index (Phi) is 3.58. The van der Waals surface area contributed by atoms with E-state index in [1.54, 1.807) is 30.4 Å². The molecule has 0 aliphatic heterocycles. The lowest BCUT2D eigenvalue weighted by Crippen LogP contribution is -1.76. The molecule has 2 aromatic rings. The van der Waals surface area contributed by atoms with Crippen LogP contribution in [0.15, 0.2) is 40.9 Å². The minimum atomic E-state index is -0.00638. The summed E-state index contributed by atoms with van der Waals surface area (Å²) in [5.41, 5.74) is 1.29. The van der Waals surface area contributed by atoms with Crippen molar-refractivity contribution in [3.05, 3.63) is 52.0 Å². The summed E-state index contributed by atoms with van der Waals surface area (Å²) in [6, 6.07) is 9.40. The van der Waals surface area contributed by atoms with Crippen molar-refractivity contribution in [1.82, 2.24) is 0 Å². The lowest BCUT2D eigenvalue weighted by molar-refractivity contribution is 0.450. The zero-order valence-corrected chi connectivity index (χ0v) is 10.9. The Labute approximate surface area is 113 Å². The van der Waals surface area contributed by atoms with Crippen LogP contribution in [0.1, 0.15) is 11.1 Å². The maximum absolute atomic E-state index is 9.65. The van der Waals surface area contributed by atoms with E-state index in [1.165, 1.54) is 18.2 Å². The smallest absolute Gasteiger partial charge is 0.122 e. The fourth-order valence-corrected chi connectivity index (χ4v) is 1.94. The molecule has 0 aromatic heterocycles. The van der Waals surface area contributed by atoms with E-state index in [9.17, 15) is 15.3 Å². The second kappa shape index (κ2) is 5.14. The third-order valence-corrected chi connectivity index (χ3v) is 2.86. The summed E-state index contributed by atoms with van der Waals surface area (Å²) >= 11 is 3.32. The maximum Gasteiger partial charge on any atom is 0.122 e. The Bertz CT molecular complexity index is 586. The average Bonchev–Trinajstić information content (AvgIpc) is 2.29. The summed E-state index contributed by atoms with van der Waals surface area (Å²) < 4.78 is 0.860. The number of phenols is 3. The zero-order chi connectivity index (χ0) is 13.1. The molecular weight excluding hydrogens is 296 g/mol. The average molecular weight is 307 g/mol. The lowest BCUT2D eigenvalue weighted by Gasteiger charge is -2.01. The van der Waals surface area contributed by atoms with Crippen LogP contribution in [0.3, 0.4) is 0 Å². The number of phenolic OH excluding ortho intramolecular Hbond substituents is 3. The fourth-order valence-electron chi connectivity index (χ4n) is 1.56.